The highest BCUT2D eigenvalue weighted by Crippen LogP contribution is 2.25. The van der Waals surface area contributed by atoms with Gasteiger partial charge < -0.3 is 14.4 Å². The van der Waals surface area contributed by atoms with Crippen molar-refractivity contribution in [2.75, 3.05) is 13.7 Å². The van der Waals surface area contributed by atoms with Gasteiger partial charge in [-0.05, 0) is 36.4 Å². The zero-order chi connectivity index (χ0) is 19.9. The van der Waals surface area contributed by atoms with Crippen LogP contribution in [0.1, 0.15) is 15.2 Å². The molecule has 0 spiro atoms. The number of hydrogen-bond acceptors (Lipinski definition) is 6. The van der Waals surface area contributed by atoms with E-state index in [-0.39, 0.29) is 18.1 Å². The maximum atomic E-state index is 12.4. The van der Waals surface area contributed by atoms with Gasteiger partial charge in [-0.15, -0.1) is 11.3 Å². The first kappa shape index (κ1) is 19.9. The van der Waals surface area contributed by atoms with Crippen molar-refractivity contribution < 1.29 is 19.1 Å². The molecule has 0 unspecified atom stereocenters. The molecule has 0 bridgehead atoms. The Labute approximate surface area is 171 Å². The Balaban J connectivity index is 1.59. The number of carbonyl (C=O) groups is 2. The van der Waals surface area contributed by atoms with Crippen LogP contribution in [0.4, 0.5) is 0 Å². The summed E-state index contributed by atoms with van der Waals surface area (Å²) < 4.78 is 11.5. The molecule has 0 fully saturated rings. The minimum Gasteiger partial charge on any atom is -0.455 e. The lowest BCUT2D eigenvalue weighted by Gasteiger charge is -2.16. The number of ether oxygens (including phenoxy) is 2. The fraction of sp³-hybridized carbons (Fsp3) is 0.150. The van der Waals surface area contributed by atoms with Crippen LogP contribution in [0.2, 0.25) is 4.34 Å². The minimum atomic E-state index is -0.639. The van der Waals surface area contributed by atoms with Crippen molar-refractivity contribution in [2.24, 2.45) is 0 Å². The third-order valence-corrected chi connectivity index (χ3v) is 4.96. The highest BCUT2D eigenvalue weighted by atomic mass is 35.5. The lowest BCUT2D eigenvalue weighted by Crippen LogP contribution is -2.30. The van der Waals surface area contributed by atoms with Crippen LogP contribution in [0.5, 0.6) is 11.5 Å². The largest absolute Gasteiger partial charge is 0.455 e. The maximum Gasteiger partial charge on any atom is 0.342 e. The van der Waals surface area contributed by atoms with Crippen LogP contribution in [0.15, 0.2) is 60.9 Å². The second-order valence-corrected chi connectivity index (χ2v) is 7.62. The summed E-state index contributed by atoms with van der Waals surface area (Å²) in [4.78, 5) is 31.1. The van der Waals surface area contributed by atoms with Crippen molar-refractivity contribution in [1.29, 1.82) is 0 Å². The standard InChI is InChI=1S/C20H17ClN2O4S/c1-23(12-15-8-9-18(21)28-15)19(24)13-26-20(25)16-6-2-3-7-17(16)27-14-5-4-10-22-11-14/h2-11H,12-13H2,1H3. The van der Waals surface area contributed by atoms with E-state index in [0.717, 1.165) is 4.88 Å². The van der Waals surface area contributed by atoms with Crippen molar-refractivity contribution in [3.8, 4) is 11.5 Å². The molecule has 0 aliphatic carbocycles. The van der Waals surface area contributed by atoms with E-state index in [1.165, 1.54) is 22.4 Å². The first-order chi connectivity index (χ1) is 13.5. The van der Waals surface area contributed by atoms with Crippen LogP contribution in [0, 0.1) is 0 Å². The normalized spacial score (nSPS) is 10.4. The molecule has 0 saturated heterocycles. The predicted molar refractivity (Wildman–Crippen MR) is 107 cm³/mol. The van der Waals surface area contributed by atoms with Gasteiger partial charge >= 0.3 is 5.97 Å². The number of likely N-dealkylation sites (N-methyl/N-ethyl adjacent to an activating group) is 1. The number of aromatic nitrogens is 1. The molecule has 0 radical (unpaired) electrons. The molecule has 2 heterocycles. The number of esters is 1. The summed E-state index contributed by atoms with van der Waals surface area (Å²) in [5.41, 5.74) is 0.229. The Morgan fingerprint density at radius 3 is 2.68 bits per heavy atom. The number of hydrogen-bond donors (Lipinski definition) is 0. The minimum absolute atomic E-state index is 0.229. The molecule has 28 heavy (non-hydrogen) atoms. The molecule has 0 aliphatic rings. The molecule has 3 rings (SSSR count). The number of para-hydroxylation sites is 1. The molecule has 0 atom stereocenters. The summed E-state index contributed by atoms with van der Waals surface area (Å²) in [5.74, 6) is -0.133. The van der Waals surface area contributed by atoms with Gasteiger partial charge in [0, 0.05) is 18.1 Å². The molecule has 1 aromatic carbocycles. The van der Waals surface area contributed by atoms with Crippen molar-refractivity contribution >= 4 is 34.8 Å². The molecule has 2 aromatic heterocycles. The predicted octanol–water partition coefficient (Wildman–Crippen LogP) is 4.40. The molecule has 144 valence electrons. The lowest BCUT2D eigenvalue weighted by molar-refractivity contribution is -0.133. The number of carbonyl (C=O) groups excluding carboxylic acids is 2. The van der Waals surface area contributed by atoms with Gasteiger partial charge in [0.25, 0.3) is 5.91 Å². The molecule has 1 amide bonds. The summed E-state index contributed by atoms with van der Waals surface area (Å²) in [6.07, 6.45) is 3.16. The Morgan fingerprint density at radius 2 is 1.96 bits per heavy atom. The molecular weight excluding hydrogens is 400 g/mol. The van der Waals surface area contributed by atoms with E-state index in [0.29, 0.717) is 22.4 Å². The van der Waals surface area contributed by atoms with E-state index in [1.807, 2.05) is 6.07 Å². The maximum absolute atomic E-state index is 12.4. The van der Waals surface area contributed by atoms with Gasteiger partial charge in [0.2, 0.25) is 0 Å². The van der Waals surface area contributed by atoms with Crippen LogP contribution in [-0.2, 0) is 16.1 Å². The number of thiophene rings is 1. The Kier molecular flexibility index (Phi) is 6.62. The third kappa shape index (κ3) is 5.31. The quantitative estimate of drug-likeness (QED) is 0.534. The van der Waals surface area contributed by atoms with Gasteiger partial charge in [-0.2, -0.15) is 0 Å². The SMILES string of the molecule is CN(Cc1ccc(Cl)s1)C(=O)COC(=O)c1ccccc1Oc1cccnc1. The Morgan fingerprint density at radius 1 is 1.14 bits per heavy atom. The molecule has 0 saturated carbocycles. The van der Waals surface area contributed by atoms with Crippen LogP contribution in [0.25, 0.3) is 0 Å². The number of pyridine rings is 1. The number of halogens is 1. The fourth-order valence-corrected chi connectivity index (χ4v) is 3.47. The van der Waals surface area contributed by atoms with Crippen molar-refractivity contribution in [3.05, 3.63) is 75.7 Å². The van der Waals surface area contributed by atoms with Crippen LogP contribution >= 0.6 is 22.9 Å². The Bertz CT molecular complexity index is 962. The summed E-state index contributed by atoms with van der Waals surface area (Å²) >= 11 is 7.30. The summed E-state index contributed by atoms with van der Waals surface area (Å²) in [6, 6.07) is 13.8. The lowest BCUT2D eigenvalue weighted by atomic mass is 10.2. The van der Waals surface area contributed by atoms with Crippen molar-refractivity contribution in [3.63, 3.8) is 0 Å². The molecule has 8 heteroatoms. The van der Waals surface area contributed by atoms with Gasteiger partial charge in [0.15, 0.2) is 6.61 Å². The van der Waals surface area contributed by atoms with Crippen LogP contribution < -0.4 is 4.74 Å². The summed E-state index contributed by atoms with van der Waals surface area (Å²) in [6.45, 7) is 0.0319. The molecule has 0 N–H and O–H groups in total. The van der Waals surface area contributed by atoms with Gasteiger partial charge in [-0.3, -0.25) is 9.78 Å². The average Bonchev–Trinajstić information content (AvgIpc) is 3.11. The van der Waals surface area contributed by atoms with Crippen molar-refractivity contribution in [2.45, 2.75) is 6.54 Å². The number of amides is 1. The molecular formula is C20H17ClN2O4S. The van der Waals surface area contributed by atoms with E-state index in [1.54, 1.807) is 55.7 Å². The first-order valence-electron chi connectivity index (χ1n) is 8.35. The summed E-state index contributed by atoms with van der Waals surface area (Å²) in [5, 5.41) is 0. The van der Waals surface area contributed by atoms with Crippen LogP contribution in [0.3, 0.4) is 0 Å². The second-order valence-electron chi connectivity index (χ2n) is 5.82. The van der Waals surface area contributed by atoms with Gasteiger partial charge in [-0.25, -0.2) is 4.79 Å². The molecule has 0 aliphatic heterocycles. The smallest absolute Gasteiger partial charge is 0.342 e. The first-order valence-corrected chi connectivity index (χ1v) is 9.54. The Hall–Kier alpha value is -2.90. The average molecular weight is 417 g/mol. The zero-order valence-electron chi connectivity index (χ0n) is 15.0. The van der Waals surface area contributed by atoms with Gasteiger partial charge in [0.1, 0.15) is 17.1 Å². The molecule has 6 nitrogen and oxygen atoms in total. The fourth-order valence-electron chi connectivity index (χ4n) is 2.33. The van der Waals surface area contributed by atoms with E-state index in [2.05, 4.69) is 4.98 Å². The molecule has 3 aromatic rings. The van der Waals surface area contributed by atoms with Gasteiger partial charge in [0.05, 0.1) is 17.1 Å². The number of rotatable bonds is 7. The second kappa shape index (κ2) is 9.34. The van der Waals surface area contributed by atoms with E-state index in [9.17, 15) is 9.59 Å². The third-order valence-electron chi connectivity index (χ3n) is 3.74. The topological polar surface area (TPSA) is 68.7 Å². The van der Waals surface area contributed by atoms with E-state index in [4.69, 9.17) is 21.1 Å². The highest BCUT2D eigenvalue weighted by molar-refractivity contribution is 7.16. The van der Waals surface area contributed by atoms with E-state index < -0.39 is 5.97 Å². The van der Waals surface area contributed by atoms with E-state index >= 15 is 0 Å². The van der Waals surface area contributed by atoms with Gasteiger partial charge in [-0.1, -0.05) is 23.7 Å². The number of benzene rings is 1. The highest BCUT2D eigenvalue weighted by Gasteiger charge is 2.18. The monoisotopic (exact) mass is 416 g/mol. The number of nitrogens with zero attached hydrogens (tertiary/aromatic N) is 2. The zero-order valence-corrected chi connectivity index (χ0v) is 16.6. The summed E-state index contributed by atoms with van der Waals surface area (Å²) in [7, 11) is 1.64. The van der Waals surface area contributed by atoms with Crippen LogP contribution in [-0.4, -0.2) is 35.4 Å². The van der Waals surface area contributed by atoms with Crippen molar-refractivity contribution in [1.82, 2.24) is 9.88 Å².